The van der Waals surface area contributed by atoms with Gasteiger partial charge in [-0.1, -0.05) is 36.4 Å². The average molecular weight is 310 g/mol. The summed E-state index contributed by atoms with van der Waals surface area (Å²) in [4.78, 5) is 14.4. The molecule has 1 aliphatic heterocycles. The van der Waals surface area contributed by atoms with Crippen molar-refractivity contribution in [3.8, 4) is 5.75 Å². The molecule has 0 saturated carbocycles. The van der Waals surface area contributed by atoms with E-state index in [0.29, 0.717) is 13.0 Å². The maximum atomic E-state index is 12.1. The number of amides is 1. The highest BCUT2D eigenvalue weighted by Gasteiger charge is 2.18. The smallest absolute Gasteiger partial charge is 0.222 e. The van der Waals surface area contributed by atoms with Crippen LogP contribution in [-0.4, -0.2) is 26.1 Å². The standard InChI is InChI=1S/C19H22N2O2/c1-23-18-9-5-3-7-16(18)14-20-19(22)11-13-21-12-10-15-6-2-4-8-17(15)21/h2-9H,10-14H2,1H3,(H,20,22). The molecule has 0 unspecified atom stereocenters. The van der Waals surface area contributed by atoms with Gasteiger partial charge in [0.05, 0.1) is 7.11 Å². The molecule has 0 aromatic heterocycles. The van der Waals surface area contributed by atoms with Crippen LogP contribution in [-0.2, 0) is 17.8 Å². The molecule has 0 aliphatic carbocycles. The first-order valence-corrected chi connectivity index (χ1v) is 7.99. The summed E-state index contributed by atoms with van der Waals surface area (Å²) in [6.07, 6.45) is 1.57. The molecule has 0 atom stereocenters. The molecule has 0 bridgehead atoms. The normalized spacial score (nSPS) is 12.8. The van der Waals surface area contributed by atoms with Crippen LogP contribution in [0.15, 0.2) is 48.5 Å². The van der Waals surface area contributed by atoms with Gasteiger partial charge in [0.1, 0.15) is 5.75 Å². The van der Waals surface area contributed by atoms with Crippen LogP contribution in [0.4, 0.5) is 5.69 Å². The number of hydrogen-bond donors (Lipinski definition) is 1. The average Bonchev–Trinajstić information content (AvgIpc) is 3.01. The zero-order valence-electron chi connectivity index (χ0n) is 13.4. The van der Waals surface area contributed by atoms with E-state index in [9.17, 15) is 4.79 Å². The van der Waals surface area contributed by atoms with E-state index in [1.807, 2.05) is 24.3 Å². The monoisotopic (exact) mass is 310 g/mol. The molecule has 1 N–H and O–H groups in total. The van der Waals surface area contributed by atoms with Crippen LogP contribution < -0.4 is 15.0 Å². The minimum atomic E-state index is 0.0697. The van der Waals surface area contributed by atoms with Gasteiger partial charge in [0.25, 0.3) is 0 Å². The molecule has 1 amide bonds. The molecule has 1 heterocycles. The molecular weight excluding hydrogens is 288 g/mol. The number of fused-ring (bicyclic) bond motifs is 1. The number of hydrogen-bond acceptors (Lipinski definition) is 3. The van der Waals surface area contributed by atoms with Crippen LogP contribution in [0.2, 0.25) is 0 Å². The van der Waals surface area contributed by atoms with E-state index in [4.69, 9.17) is 4.74 Å². The van der Waals surface area contributed by atoms with Crippen molar-refractivity contribution in [1.82, 2.24) is 5.32 Å². The lowest BCUT2D eigenvalue weighted by atomic mass is 10.2. The first kappa shape index (κ1) is 15.4. The number of methoxy groups -OCH3 is 1. The maximum Gasteiger partial charge on any atom is 0.222 e. The summed E-state index contributed by atoms with van der Waals surface area (Å²) in [6.45, 7) is 2.26. The van der Waals surface area contributed by atoms with E-state index < -0.39 is 0 Å². The van der Waals surface area contributed by atoms with Crippen LogP contribution in [0.25, 0.3) is 0 Å². The van der Waals surface area contributed by atoms with E-state index >= 15 is 0 Å². The van der Waals surface area contributed by atoms with Crippen molar-refractivity contribution in [2.24, 2.45) is 0 Å². The quantitative estimate of drug-likeness (QED) is 0.892. The Morgan fingerprint density at radius 3 is 2.83 bits per heavy atom. The summed E-state index contributed by atoms with van der Waals surface area (Å²) in [5, 5.41) is 2.98. The zero-order valence-corrected chi connectivity index (χ0v) is 13.4. The van der Waals surface area contributed by atoms with Crippen molar-refractivity contribution >= 4 is 11.6 Å². The van der Waals surface area contributed by atoms with E-state index in [0.717, 1.165) is 30.8 Å². The zero-order chi connectivity index (χ0) is 16.1. The third-order valence-electron chi connectivity index (χ3n) is 4.26. The minimum Gasteiger partial charge on any atom is -0.496 e. The van der Waals surface area contributed by atoms with Gasteiger partial charge in [-0.25, -0.2) is 0 Å². The lowest BCUT2D eigenvalue weighted by Crippen LogP contribution is -2.29. The van der Waals surface area contributed by atoms with Crippen molar-refractivity contribution in [2.75, 3.05) is 25.1 Å². The molecule has 2 aromatic carbocycles. The van der Waals surface area contributed by atoms with Crippen molar-refractivity contribution in [1.29, 1.82) is 0 Å². The van der Waals surface area contributed by atoms with Gasteiger partial charge in [0.2, 0.25) is 5.91 Å². The molecule has 23 heavy (non-hydrogen) atoms. The molecule has 0 radical (unpaired) electrons. The highest BCUT2D eigenvalue weighted by Crippen LogP contribution is 2.27. The Bertz CT molecular complexity index is 685. The van der Waals surface area contributed by atoms with Gasteiger partial charge in [-0.05, 0) is 24.1 Å². The molecule has 2 aromatic rings. The molecule has 0 spiro atoms. The summed E-state index contributed by atoms with van der Waals surface area (Å²) < 4.78 is 5.30. The van der Waals surface area contributed by atoms with Crippen molar-refractivity contribution in [3.05, 3.63) is 59.7 Å². The lowest BCUT2D eigenvalue weighted by Gasteiger charge is -2.19. The van der Waals surface area contributed by atoms with Gasteiger partial charge < -0.3 is 15.0 Å². The summed E-state index contributed by atoms with van der Waals surface area (Å²) in [7, 11) is 1.64. The summed E-state index contributed by atoms with van der Waals surface area (Å²) in [5.74, 6) is 0.876. The lowest BCUT2D eigenvalue weighted by molar-refractivity contribution is -0.121. The first-order chi connectivity index (χ1) is 11.3. The fourth-order valence-corrected chi connectivity index (χ4v) is 3.01. The van der Waals surface area contributed by atoms with E-state index in [-0.39, 0.29) is 5.91 Å². The fourth-order valence-electron chi connectivity index (χ4n) is 3.01. The molecule has 4 nitrogen and oxygen atoms in total. The number of benzene rings is 2. The Kier molecular flexibility index (Phi) is 4.81. The topological polar surface area (TPSA) is 41.6 Å². The Balaban J connectivity index is 1.49. The summed E-state index contributed by atoms with van der Waals surface area (Å²) in [6, 6.07) is 16.2. The highest BCUT2D eigenvalue weighted by atomic mass is 16.5. The highest BCUT2D eigenvalue weighted by molar-refractivity contribution is 5.76. The molecule has 3 rings (SSSR count). The fraction of sp³-hybridized carbons (Fsp3) is 0.316. The maximum absolute atomic E-state index is 12.1. The number of carbonyl (C=O) groups is 1. The van der Waals surface area contributed by atoms with Crippen LogP contribution in [0.1, 0.15) is 17.5 Å². The summed E-state index contributed by atoms with van der Waals surface area (Å²) in [5.41, 5.74) is 3.64. The molecule has 1 aliphatic rings. The molecule has 0 saturated heterocycles. The van der Waals surface area contributed by atoms with E-state index in [1.54, 1.807) is 7.11 Å². The van der Waals surface area contributed by atoms with Gasteiger partial charge in [-0.2, -0.15) is 0 Å². The van der Waals surface area contributed by atoms with Crippen LogP contribution in [0.3, 0.4) is 0 Å². The van der Waals surface area contributed by atoms with Crippen LogP contribution in [0, 0.1) is 0 Å². The van der Waals surface area contributed by atoms with Gasteiger partial charge >= 0.3 is 0 Å². The predicted molar refractivity (Wildman–Crippen MR) is 91.8 cm³/mol. The Morgan fingerprint density at radius 1 is 1.17 bits per heavy atom. The second-order valence-electron chi connectivity index (χ2n) is 5.70. The van der Waals surface area contributed by atoms with Crippen LogP contribution >= 0.6 is 0 Å². The Hall–Kier alpha value is -2.49. The largest absolute Gasteiger partial charge is 0.496 e. The van der Waals surface area contributed by atoms with Crippen molar-refractivity contribution < 1.29 is 9.53 Å². The van der Waals surface area contributed by atoms with Gasteiger partial charge in [0.15, 0.2) is 0 Å². The SMILES string of the molecule is COc1ccccc1CNC(=O)CCN1CCc2ccccc21. The van der Waals surface area contributed by atoms with E-state index in [1.165, 1.54) is 11.3 Å². The minimum absolute atomic E-state index is 0.0697. The number of nitrogens with zero attached hydrogens (tertiary/aromatic N) is 1. The van der Waals surface area contributed by atoms with Crippen molar-refractivity contribution in [2.45, 2.75) is 19.4 Å². The Morgan fingerprint density at radius 2 is 1.96 bits per heavy atom. The number of rotatable bonds is 6. The summed E-state index contributed by atoms with van der Waals surface area (Å²) >= 11 is 0. The number of nitrogens with one attached hydrogen (secondary N) is 1. The second-order valence-corrected chi connectivity index (χ2v) is 5.70. The van der Waals surface area contributed by atoms with Gasteiger partial charge in [-0.3, -0.25) is 4.79 Å². The number of carbonyl (C=O) groups excluding carboxylic acids is 1. The molecule has 4 heteroatoms. The van der Waals surface area contributed by atoms with Crippen LogP contribution in [0.5, 0.6) is 5.75 Å². The molecule has 120 valence electrons. The molecule has 0 fully saturated rings. The predicted octanol–water partition coefficient (Wildman–Crippen LogP) is 2.76. The Labute approximate surface area is 137 Å². The van der Waals surface area contributed by atoms with Gasteiger partial charge in [-0.15, -0.1) is 0 Å². The van der Waals surface area contributed by atoms with Gasteiger partial charge in [0, 0.05) is 37.3 Å². The third kappa shape index (κ3) is 3.65. The first-order valence-electron chi connectivity index (χ1n) is 7.99. The van der Waals surface area contributed by atoms with Crippen molar-refractivity contribution in [3.63, 3.8) is 0 Å². The molecular formula is C19H22N2O2. The number of ether oxygens (including phenoxy) is 1. The number of anilines is 1. The van der Waals surface area contributed by atoms with E-state index in [2.05, 4.69) is 34.5 Å². The second kappa shape index (κ2) is 7.18. The third-order valence-corrected chi connectivity index (χ3v) is 4.26. The number of para-hydroxylation sites is 2.